The number of benzene rings is 2. The Morgan fingerprint density at radius 2 is 1.81 bits per heavy atom. The third-order valence-electron chi connectivity index (χ3n) is 5.65. The van der Waals surface area contributed by atoms with E-state index in [2.05, 4.69) is 25.6 Å². The lowest BCUT2D eigenvalue weighted by Crippen LogP contribution is -2.29. The molecule has 2 atom stereocenters. The topological polar surface area (TPSA) is 157 Å². The number of aromatic hydroxyl groups is 1. The standard InChI is InChI=1S/C25H24ClN5O5S/c1-12(2)13-6-8-14(9-7-13)20(19-22(34)29-24(36)30-23(19)35)28-25-31-21(33)17(37-25)11-18(32)27-16-5-3-4-15(26)10-16/h3-10,12,17,20H,11H2,1-2H3,(H,27,32)(H,28,31,33)(H3,29,30,34,35,36)/t17-,20+/m1/s1. The Hall–Kier alpha value is -3.83. The fraction of sp³-hybridized carbons (Fsp3) is 0.240. The van der Waals surface area contributed by atoms with E-state index in [9.17, 15) is 24.3 Å². The SMILES string of the molecule is CC(C)c1ccc([C@H](N=C2NC(=O)[C@@H](CC(=O)Nc3cccc(Cl)c3)S2)c2c(O)[nH]c(=O)[nH]c2=O)cc1. The zero-order valence-corrected chi connectivity index (χ0v) is 21.4. The number of H-pyrrole nitrogens is 2. The smallest absolute Gasteiger partial charge is 0.328 e. The number of halogens is 1. The highest BCUT2D eigenvalue weighted by Crippen LogP contribution is 2.32. The van der Waals surface area contributed by atoms with Gasteiger partial charge in [0.25, 0.3) is 5.56 Å². The van der Waals surface area contributed by atoms with Crippen molar-refractivity contribution < 1.29 is 14.7 Å². The van der Waals surface area contributed by atoms with Crippen LogP contribution in [0.2, 0.25) is 5.02 Å². The van der Waals surface area contributed by atoms with E-state index in [1.54, 1.807) is 36.4 Å². The van der Waals surface area contributed by atoms with Crippen LogP contribution in [0.1, 0.15) is 48.9 Å². The van der Waals surface area contributed by atoms with Gasteiger partial charge < -0.3 is 15.7 Å². The molecule has 0 bridgehead atoms. The molecule has 3 aromatic rings. The lowest BCUT2D eigenvalue weighted by atomic mass is 9.96. The van der Waals surface area contributed by atoms with E-state index < -0.39 is 34.3 Å². The van der Waals surface area contributed by atoms with Gasteiger partial charge in [-0.25, -0.2) is 9.79 Å². The number of aromatic nitrogens is 2. The summed E-state index contributed by atoms with van der Waals surface area (Å²) in [5, 5.41) is 15.6. The fourth-order valence-electron chi connectivity index (χ4n) is 3.77. The van der Waals surface area contributed by atoms with Crippen LogP contribution < -0.4 is 21.9 Å². The van der Waals surface area contributed by atoms with Crippen molar-refractivity contribution in [1.29, 1.82) is 0 Å². The molecule has 0 aliphatic carbocycles. The average molecular weight is 542 g/mol. The van der Waals surface area contributed by atoms with E-state index in [1.807, 2.05) is 26.0 Å². The Morgan fingerprint density at radius 1 is 1.11 bits per heavy atom. The molecule has 0 spiro atoms. The van der Waals surface area contributed by atoms with Crippen molar-refractivity contribution in [3.63, 3.8) is 0 Å². The molecule has 1 aliphatic heterocycles. The van der Waals surface area contributed by atoms with Gasteiger partial charge in [-0.05, 0) is 35.2 Å². The first kappa shape index (κ1) is 26.2. The first-order valence-corrected chi connectivity index (χ1v) is 12.6. The number of thioether (sulfide) groups is 1. The number of aromatic amines is 2. The van der Waals surface area contributed by atoms with Crippen LogP contribution >= 0.6 is 23.4 Å². The number of nitrogens with zero attached hydrogens (tertiary/aromatic N) is 1. The van der Waals surface area contributed by atoms with Gasteiger partial charge in [0.15, 0.2) is 5.17 Å². The molecule has 37 heavy (non-hydrogen) atoms. The second-order valence-corrected chi connectivity index (χ2v) is 10.3. The van der Waals surface area contributed by atoms with Gasteiger partial charge >= 0.3 is 5.69 Å². The van der Waals surface area contributed by atoms with Crippen LogP contribution in [0.3, 0.4) is 0 Å². The minimum Gasteiger partial charge on any atom is -0.494 e. The Kier molecular flexibility index (Phi) is 7.84. The number of amides is 2. The second kappa shape index (κ2) is 11.1. The van der Waals surface area contributed by atoms with Gasteiger partial charge in [-0.1, -0.05) is 67.5 Å². The summed E-state index contributed by atoms with van der Waals surface area (Å²) in [5.74, 6) is -1.15. The van der Waals surface area contributed by atoms with Crippen molar-refractivity contribution in [2.45, 2.75) is 37.5 Å². The van der Waals surface area contributed by atoms with E-state index in [0.29, 0.717) is 16.3 Å². The van der Waals surface area contributed by atoms with E-state index in [1.165, 1.54) is 0 Å². The molecule has 2 aromatic carbocycles. The number of aliphatic imine (C=N–C) groups is 1. The van der Waals surface area contributed by atoms with Crippen molar-refractivity contribution in [1.82, 2.24) is 15.3 Å². The predicted molar refractivity (Wildman–Crippen MR) is 143 cm³/mol. The van der Waals surface area contributed by atoms with Crippen LogP contribution in [-0.4, -0.2) is 37.3 Å². The maximum absolute atomic E-state index is 12.6. The van der Waals surface area contributed by atoms with E-state index in [0.717, 1.165) is 17.3 Å². The van der Waals surface area contributed by atoms with Crippen molar-refractivity contribution in [2.75, 3.05) is 5.32 Å². The summed E-state index contributed by atoms with van der Waals surface area (Å²) in [6.45, 7) is 4.08. The van der Waals surface area contributed by atoms with Crippen molar-refractivity contribution in [3.8, 4) is 5.88 Å². The maximum Gasteiger partial charge on any atom is 0.328 e. The number of nitrogens with one attached hydrogen (secondary N) is 4. The van der Waals surface area contributed by atoms with Crippen LogP contribution in [0.4, 0.5) is 5.69 Å². The van der Waals surface area contributed by atoms with Crippen LogP contribution in [0.15, 0.2) is 63.1 Å². The second-order valence-electron chi connectivity index (χ2n) is 8.69. The zero-order chi connectivity index (χ0) is 26.7. The number of rotatable bonds is 7. The summed E-state index contributed by atoms with van der Waals surface area (Å²) >= 11 is 6.99. The summed E-state index contributed by atoms with van der Waals surface area (Å²) in [6, 6.07) is 12.9. The highest BCUT2D eigenvalue weighted by molar-refractivity contribution is 8.15. The van der Waals surface area contributed by atoms with E-state index >= 15 is 0 Å². The monoisotopic (exact) mass is 541 g/mol. The van der Waals surface area contributed by atoms with Crippen molar-refractivity contribution in [2.24, 2.45) is 4.99 Å². The molecule has 2 amide bonds. The van der Waals surface area contributed by atoms with Gasteiger partial charge in [-0.2, -0.15) is 0 Å². The third-order valence-corrected chi connectivity index (χ3v) is 6.98. The van der Waals surface area contributed by atoms with Crippen LogP contribution in [0.25, 0.3) is 0 Å². The molecule has 0 unspecified atom stereocenters. The number of amidine groups is 1. The minimum absolute atomic E-state index is 0.125. The van der Waals surface area contributed by atoms with Crippen molar-refractivity contribution >= 4 is 46.0 Å². The van der Waals surface area contributed by atoms with Crippen molar-refractivity contribution in [3.05, 3.63) is 91.1 Å². The Labute approximate surface area is 220 Å². The molecule has 0 radical (unpaired) electrons. The number of anilines is 1. The first-order valence-electron chi connectivity index (χ1n) is 11.4. The number of carbonyl (C=O) groups is 2. The molecule has 4 rings (SSSR count). The Balaban J connectivity index is 1.61. The summed E-state index contributed by atoms with van der Waals surface area (Å²) in [6.07, 6.45) is -0.125. The lowest BCUT2D eigenvalue weighted by Gasteiger charge is -2.15. The molecule has 1 aliphatic rings. The molecular formula is C25H24ClN5O5S. The van der Waals surface area contributed by atoms with Gasteiger partial charge in [0.05, 0.1) is 0 Å². The van der Waals surface area contributed by atoms with Gasteiger partial charge in [-0.15, -0.1) is 0 Å². The summed E-state index contributed by atoms with van der Waals surface area (Å²) in [4.78, 5) is 58.2. The lowest BCUT2D eigenvalue weighted by molar-refractivity contribution is -0.122. The normalized spacial score (nSPS) is 17.1. The number of hydrogen-bond acceptors (Lipinski definition) is 7. The molecule has 192 valence electrons. The van der Waals surface area contributed by atoms with Crippen LogP contribution in [0, 0.1) is 0 Å². The Morgan fingerprint density at radius 3 is 2.46 bits per heavy atom. The maximum atomic E-state index is 12.6. The van der Waals surface area contributed by atoms with Gasteiger partial charge in [0.2, 0.25) is 17.7 Å². The largest absolute Gasteiger partial charge is 0.494 e. The highest BCUT2D eigenvalue weighted by Gasteiger charge is 2.34. The third kappa shape index (κ3) is 6.30. The van der Waals surface area contributed by atoms with Gasteiger partial charge in [-0.3, -0.25) is 24.4 Å². The molecule has 2 heterocycles. The summed E-state index contributed by atoms with van der Waals surface area (Å²) in [5.41, 5.74) is 0.275. The average Bonchev–Trinajstić information content (AvgIpc) is 3.16. The molecule has 1 aromatic heterocycles. The summed E-state index contributed by atoms with van der Waals surface area (Å²) in [7, 11) is 0. The molecule has 12 heteroatoms. The minimum atomic E-state index is -1.04. The molecule has 10 nitrogen and oxygen atoms in total. The van der Waals surface area contributed by atoms with Gasteiger partial charge in [0, 0.05) is 17.1 Å². The van der Waals surface area contributed by atoms with E-state index in [-0.39, 0.29) is 29.0 Å². The van der Waals surface area contributed by atoms with Gasteiger partial charge in [0.1, 0.15) is 16.9 Å². The van der Waals surface area contributed by atoms with E-state index in [4.69, 9.17) is 11.6 Å². The zero-order valence-electron chi connectivity index (χ0n) is 19.9. The highest BCUT2D eigenvalue weighted by atomic mass is 35.5. The first-order chi connectivity index (χ1) is 17.6. The van der Waals surface area contributed by atoms with Crippen LogP contribution in [0.5, 0.6) is 5.88 Å². The molecule has 0 saturated carbocycles. The number of carbonyl (C=O) groups excluding carboxylic acids is 2. The predicted octanol–water partition coefficient (Wildman–Crippen LogP) is 3.25. The Bertz CT molecular complexity index is 1480. The van der Waals surface area contributed by atoms with Crippen LogP contribution in [-0.2, 0) is 9.59 Å². The molecule has 5 N–H and O–H groups in total. The fourth-order valence-corrected chi connectivity index (χ4v) is 4.96. The number of hydrogen-bond donors (Lipinski definition) is 5. The molecular weight excluding hydrogens is 518 g/mol. The molecule has 1 saturated heterocycles. The summed E-state index contributed by atoms with van der Waals surface area (Å²) < 4.78 is 0. The molecule has 1 fully saturated rings. The quantitative estimate of drug-likeness (QED) is 0.309.